The molecule has 2 aromatic rings. The zero-order chi connectivity index (χ0) is 18.7. The minimum atomic E-state index is -4.57. The van der Waals surface area contributed by atoms with E-state index in [1.54, 1.807) is 0 Å². The predicted octanol–water partition coefficient (Wildman–Crippen LogP) is 4.35. The van der Waals surface area contributed by atoms with E-state index in [0.29, 0.717) is 13.0 Å². The van der Waals surface area contributed by atoms with E-state index in [1.807, 2.05) is 0 Å². The fraction of sp³-hybridized carbons (Fsp3) is 0.235. The Morgan fingerprint density at radius 2 is 2.04 bits per heavy atom. The molecule has 1 aliphatic rings. The topological polar surface area (TPSA) is 62.9 Å². The largest absolute Gasteiger partial charge is 0.459 e. The first-order valence-electron chi connectivity index (χ1n) is 7.66. The number of rotatable bonds is 2. The molecule has 0 saturated heterocycles. The molecule has 0 aliphatic carbocycles. The summed E-state index contributed by atoms with van der Waals surface area (Å²) in [6.45, 7) is 0.301. The summed E-state index contributed by atoms with van der Waals surface area (Å²) in [6, 6.07) is 7.20. The molecule has 2 heterocycles. The molecule has 0 fully saturated rings. The summed E-state index contributed by atoms with van der Waals surface area (Å²) in [5, 5.41) is -0.168. The van der Waals surface area contributed by atoms with Gasteiger partial charge in [-0.05, 0) is 48.5 Å². The van der Waals surface area contributed by atoms with Crippen molar-refractivity contribution < 1.29 is 27.2 Å². The number of thioether (sulfide) groups is 1. The smallest absolute Gasteiger partial charge is 0.416 e. The third-order valence-electron chi connectivity index (χ3n) is 3.55. The van der Waals surface area contributed by atoms with Gasteiger partial charge in [0.15, 0.2) is 16.0 Å². The van der Waals surface area contributed by atoms with Crippen LogP contribution in [0.15, 0.2) is 52.1 Å². The first-order chi connectivity index (χ1) is 12.4. The Morgan fingerprint density at radius 1 is 1.23 bits per heavy atom. The van der Waals surface area contributed by atoms with E-state index in [0.717, 1.165) is 28.8 Å². The monoisotopic (exact) mass is 382 g/mol. The lowest BCUT2D eigenvalue weighted by molar-refractivity contribution is -0.137. The molecule has 9 heteroatoms. The minimum Gasteiger partial charge on any atom is -0.459 e. The maximum atomic E-state index is 13.1. The van der Waals surface area contributed by atoms with Crippen molar-refractivity contribution in [2.45, 2.75) is 19.0 Å². The molecule has 0 radical (unpaired) electrons. The molecule has 0 bridgehead atoms. The second kappa shape index (κ2) is 7.36. The lowest BCUT2D eigenvalue weighted by Gasteiger charge is -2.23. The minimum absolute atomic E-state index is 0.0354. The molecule has 0 N–H and O–H groups in total. The van der Waals surface area contributed by atoms with Crippen LogP contribution in [-0.4, -0.2) is 22.7 Å². The van der Waals surface area contributed by atoms with Crippen LogP contribution in [0.2, 0.25) is 0 Å². The number of carbonyl (C=O) groups excluding carboxylic acids is 2. The zero-order valence-electron chi connectivity index (χ0n) is 13.3. The van der Waals surface area contributed by atoms with E-state index >= 15 is 0 Å². The van der Waals surface area contributed by atoms with Gasteiger partial charge in [-0.3, -0.25) is 19.5 Å². The zero-order valence-corrected chi connectivity index (χ0v) is 14.1. The predicted molar refractivity (Wildman–Crippen MR) is 91.1 cm³/mol. The van der Waals surface area contributed by atoms with Crippen LogP contribution in [0.3, 0.4) is 0 Å². The lowest BCUT2D eigenvalue weighted by atomic mass is 10.2. The van der Waals surface area contributed by atoms with Gasteiger partial charge in [-0.15, -0.1) is 0 Å². The highest BCUT2D eigenvalue weighted by atomic mass is 32.2. The summed E-state index contributed by atoms with van der Waals surface area (Å²) < 4.78 is 44.3. The number of hydrogen-bond acceptors (Lipinski definition) is 5. The summed E-state index contributed by atoms with van der Waals surface area (Å²) in [5.41, 5.74) is -0.944. The van der Waals surface area contributed by atoms with Gasteiger partial charge in [0.2, 0.25) is 0 Å². The van der Waals surface area contributed by atoms with Gasteiger partial charge in [-0.2, -0.15) is 13.2 Å². The molecule has 1 amide bonds. The van der Waals surface area contributed by atoms with Gasteiger partial charge in [0.25, 0.3) is 5.91 Å². The molecular formula is C17H13F3N2O3S. The highest BCUT2D eigenvalue weighted by Gasteiger charge is 2.33. The van der Waals surface area contributed by atoms with Crippen molar-refractivity contribution >= 4 is 33.6 Å². The van der Waals surface area contributed by atoms with Gasteiger partial charge >= 0.3 is 6.18 Å². The summed E-state index contributed by atoms with van der Waals surface area (Å²) >= 11 is 0.742. The van der Waals surface area contributed by atoms with Gasteiger partial charge in [0, 0.05) is 13.0 Å². The molecule has 0 atom stereocenters. The first-order valence-corrected chi connectivity index (χ1v) is 8.48. The summed E-state index contributed by atoms with van der Waals surface area (Å²) in [4.78, 5) is 29.9. The fourth-order valence-electron chi connectivity index (χ4n) is 2.35. The van der Waals surface area contributed by atoms with Crippen molar-refractivity contribution in [3.8, 4) is 0 Å². The second-order valence-electron chi connectivity index (χ2n) is 5.41. The van der Waals surface area contributed by atoms with Crippen molar-refractivity contribution in [3.05, 3.63) is 54.0 Å². The number of alkyl halides is 3. The quantitative estimate of drug-likeness (QED) is 0.775. The Hall–Kier alpha value is -2.55. The Labute approximate surface area is 150 Å². The Bertz CT molecular complexity index is 847. The summed E-state index contributed by atoms with van der Waals surface area (Å²) in [7, 11) is 0. The molecule has 26 heavy (non-hydrogen) atoms. The molecule has 3 rings (SSSR count). The average molecular weight is 382 g/mol. The standard InChI is InChI=1S/C17H13F3N2O3S/c18-17(19,20)11-4-1-5-12(10-11)22(15(24)13-6-3-9-25-13)16-21-8-2-7-14(23)26-16/h1,3-6,9-10H,2,7-8H2. The Kier molecular flexibility index (Phi) is 5.17. The number of benzene rings is 1. The highest BCUT2D eigenvalue weighted by Crippen LogP contribution is 2.33. The third kappa shape index (κ3) is 3.98. The maximum Gasteiger partial charge on any atom is 0.416 e. The molecule has 0 spiro atoms. The number of amides is 1. The molecule has 1 aromatic heterocycles. The van der Waals surface area contributed by atoms with Gasteiger partial charge in [0.1, 0.15) is 0 Å². The molecule has 136 valence electrons. The number of furan rings is 1. The van der Waals surface area contributed by atoms with Crippen LogP contribution in [-0.2, 0) is 11.0 Å². The first kappa shape index (κ1) is 18.2. The number of carbonyl (C=O) groups is 2. The second-order valence-corrected chi connectivity index (χ2v) is 6.43. The molecule has 1 aromatic carbocycles. The molecule has 0 unspecified atom stereocenters. The Balaban J connectivity index is 2.07. The van der Waals surface area contributed by atoms with Crippen LogP contribution in [0.5, 0.6) is 0 Å². The van der Waals surface area contributed by atoms with E-state index in [2.05, 4.69) is 4.99 Å². The average Bonchev–Trinajstić information content (AvgIpc) is 3.05. The maximum absolute atomic E-state index is 13.1. The lowest BCUT2D eigenvalue weighted by Crippen LogP contribution is -2.36. The Morgan fingerprint density at radius 3 is 2.73 bits per heavy atom. The number of aliphatic imine (C=N–C) groups is 1. The van der Waals surface area contributed by atoms with Crippen LogP contribution in [0.25, 0.3) is 0 Å². The number of halogens is 3. The van der Waals surface area contributed by atoms with Crippen LogP contribution in [0, 0.1) is 0 Å². The number of nitrogens with zero attached hydrogens (tertiary/aromatic N) is 2. The van der Waals surface area contributed by atoms with Gasteiger partial charge in [-0.1, -0.05) is 6.07 Å². The molecule has 1 aliphatic heterocycles. The SMILES string of the molecule is O=C1CCCN=C(N(C(=O)c2ccco2)c2cccc(C(F)(F)F)c2)S1. The van der Waals surface area contributed by atoms with Gasteiger partial charge < -0.3 is 4.42 Å². The molecule has 0 saturated carbocycles. The number of anilines is 1. The summed E-state index contributed by atoms with van der Waals surface area (Å²) in [5.74, 6) is -0.766. The van der Waals surface area contributed by atoms with Crippen molar-refractivity contribution in [1.82, 2.24) is 0 Å². The van der Waals surface area contributed by atoms with E-state index < -0.39 is 17.6 Å². The highest BCUT2D eigenvalue weighted by molar-refractivity contribution is 8.26. The van der Waals surface area contributed by atoms with Crippen molar-refractivity contribution in [2.24, 2.45) is 4.99 Å². The third-order valence-corrected chi connectivity index (χ3v) is 4.48. The van der Waals surface area contributed by atoms with E-state index in [1.165, 1.54) is 30.5 Å². The van der Waals surface area contributed by atoms with Crippen LogP contribution < -0.4 is 4.90 Å². The van der Waals surface area contributed by atoms with Gasteiger partial charge in [0.05, 0.1) is 17.5 Å². The van der Waals surface area contributed by atoms with Crippen LogP contribution >= 0.6 is 11.8 Å². The van der Waals surface area contributed by atoms with E-state index in [4.69, 9.17) is 4.42 Å². The van der Waals surface area contributed by atoms with Crippen molar-refractivity contribution in [3.63, 3.8) is 0 Å². The van der Waals surface area contributed by atoms with Crippen molar-refractivity contribution in [1.29, 1.82) is 0 Å². The number of hydrogen-bond donors (Lipinski definition) is 0. The van der Waals surface area contributed by atoms with Gasteiger partial charge in [-0.25, -0.2) is 0 Å². The van der Waals surface area contributed by atoms with Crippen LogP contribution in [0.1, 0.15) is 29.0 Å². The fourth-order valence-corrected chi connectivity index (χ4v) is 3.23. The molecular weight excluding hydrogens is 369 g/mol. The van der Waals surface area contributed by atoms with E-state index in [9.17, 15) is 22.8 Å². The summed E-state index contributed by atoms with van der Waals surface area (Å²) in [6.07, 6.45) is -2.49. The van der Waals surface area contributed by atoms with Crippen molar-refractivity contribution in [2.75, 3.05) is 11.4 Å². The van der Waals surface area contributed by atoms with E-state index in [-0.39, 0.29) is 28.2 Å². The molecule has 5 nitrogen and oxygen atoms in total. The number of amidine groups is 1. The van der Waals surface area contributed by atoms with Crippen LogP contribution in [0.4, 0.5) is 18.9 Å². The normalized spacial score (nSPS) is 15.3.